The van der Waals surface area contributed by atoms with Gasteiger partial charge in [-0.2, -0.15) is 5.10 Å². The smallest absolute Gasteiger partial charge is 0.304 e. The largest absolute Gasteiger partial charge is 0.481 e. The summed E-state index contributed by atoms with van der Waals surface area (Å²) in [6.45, 7) is 1.83. The SMILES string of the molecule is Cc1[nH]nc(N)c1C(CC(=O)O)c1ccncc1. The van der Waals surface area contributed by atoms with Gasteiger partial charge in [-0.1, -0.05) is 0 Å². The lowest BCUT2D eigenvalue weighted by molar-refractivity contribution is -0.137. The molecule has 0 amide bonds. The van der Waals surface area contributed by atoms with Crippen LogP contribution < -0.4 is 5.73 Å². The number of aromatic amines is 1. The molecule has 1 unspecified atom stereocenters. The highest BCUT2D eigenvalue weighted by atomic mass is 16.4. The lowest BCUT2D eigenvalue weighted by Crippen LogP contribution is -2.10. The van der Waals surface area contributed by atoms with Crippen molar-refractivity contribution in [2.24, 2.45) is 0 Å². The molecular weight excluding hydrogens is 232 g/mol. The van der Waals surface area contributed by atoms with Crippen molar-refractivity contribution in [3.05, 3.63) is 41.3 Å². The molecule has 2 aromatic rings. The summed E-state index contributed by atoms with van der Waals surface area (Å²) in [5, 5.41) is 15.7. The van der Waals surface area contributed by atoms with Gasteiger partial charge in [0.25, 0.3) is 0 Å². The summed E-state index contributed by atoms with van der Waals surface area (Å²) < 4.78 is 0. The number of carboxylic acids is 1. The van der Waals surface area contributed by atoms with E-state index in [0.717, 1.165) is 16.8 Å². The molecule has 0 spiro atoms. The van der Waals surface area contributed by atoms with Gasteiger partial charge in [-0.25, -0.2) is 0 Å². The molecule has 94 valence electrons. The van der Waals surface area contributed by atoms with Crippen LogP contribution in [0.3, 0.4) is 0 Å². The van der Waals surface area contributed by atoms with Crippen molar-refractivity contribution in [3.8, 4) is 0 Å². The highest BCUT2D eigenvalue weighted by molar-refractivity contribution is 5.70. The van der Waals surface area contributed by atoms with Crippen molar-refractivity contribution in [2.75, 3.05) is 5.73 Å². The third kappa shape index (κ3) is 2.32. The first-order valence-corrected chi connectivity index (χ1v) is 5.51. The van der Waals surface area contributed by atoms with Gasteiger partial charge in [0.05, 0.1) is 6.42 Å². The van der Waals surface area contributed by atoms with Crippen molar-refractivity contribution in [1.29, 1.82) is 0 Å². The van der Waals surface area contributed by atoms with Crippen LogP contribution in [0.2, 0.25) is 0 Å². The molecule has 4 N–H and O–H groups in total. The molecule has 0 radical (unpaired) electrons. The molecule has 18 heavy (non-hydrogen) atoms. The monoisotopic (exact) mass is 246 g/mol. The Labute approximate surface area is 104 Å². The number of nitrogens with zero attached hydrogens (tertiary/aromatic N) is 2. The molecule has 0 saturated carbocycles. The predicted molar refractivity (Wildman–Crippen MR) is 66.1 cm³/mol. The predicted octanol–water partition coefficient (Wildman–Crippen LogP) is 1.30. The van der Waals surface area contributed by atoms with Crippen LogP contribution in [0.5, 0.6) is 0 Å². The van der Waals surface area contributed by atoms with Crippen molar-refractivity contribution >= 4 is 11.8 Å². The van der Waals surface area contributed by atoms with Crippen LogP contribution in [0.4, 0.5) is 5.82 Å². The summed E-state index contributed by atoms with van der Waals surface area (Å²) in [5.41, 5.74) is 8.20. The number of pyridine rings is 1. The minimum Gasteiger partial charge on any atom is -0.481 e. The average Bonchev–Trinajstić information content (AvgIpc) is 2.67. The number of carbonyl (C=O) groups is 1. The van der Waals surface area contributed by atoms with E-state index in [4.69, 9.17) is 10.8 Å². The minimum absolute atomic E-state index is 0.0331. The van der Waals surface area contributed by atoms with E-state index in [1.165, 1.54) is 0 Å². The topological polar surface area (TPSA) is 105 Å². The van der Waals surface area contributed by atoms with Crippen molar-refractivity contribution in [2.45, 2.75) is 19.3 Å². The van der Waals surface area contributed by atoms with Gasteiger partial charge in [-0.15, -0.1) is 0 Å². The molecule has 2 aromatic heterocycles. The van der Waals surface area contributed by atoms with Gasteiger partial charge in [0, 0.05) is 29.6 Å². The maximum absolute atomic E-state index is 11.0. The van der Waals surface area contributed by atoms with Gasteiger partial charge in [0.15, 0.2) is 0 Å². The second-order valence-electron chi connectivity index (χ2n) is 4.08. The Morgan fingerprint density at radius 3 is 2.67 bits per heavy atom. The number of carboxylic acid groups (broad SMARTS) is 1. The van der Waals surface area contributed by atoms with Crippen LogP contribution in [0.1, 0.15) is 29.2 Å². The number of anilines is 1. The number of aryl methyl sites for hydroxylation is 1. The molecule has 0 fully saturated rings. The molecule has 0 aromatic carbocycles. The first-order valence-electron chi connectivity index (χ1n) is 5.51. The molecule has 2 heterocycles. The van der Waals surface area contributed by atoms with E-state index < -0.39 is 5.97 Å². The van der Waals surface area contributed by atoms with Crippen LogP contribution in [0.25, 0.3) is 0 Å². The Morgan fingerprint density at radius 2 is 2.17 bits per heavy atom. The quantitative estimate of drug-likeness (QED) is 0.754. The summed E-state index contributed by atoms with van der Waals surface area (Å²) in [6.07, 6.45) is 3.24. The molecule has 0 aliphatic heterocycles. The van der Waals surface area contributed by atoms with E-state index in [1.54, 1.807) is 24.5 Å². The lowest BCUT2D eigenvalue weighted by atomic mass is 9.89. The highest BCUT2D eigenvalue weighted by Gasteiger charge is 2.23. The van der Waals surface area contributed by atoms with Crippen LogP contribution in [0.15, 0.2) is 24.5 Å². The number of aliphatic carboxylic acids is 1. The van der Waals surface area contributed by atoms with Crippen LogP contribution in [-0.4, -0.2) is 26.3 Å². The molecule has 1 atom stereocenters. The highest BCUT2D eigenvalue weighted by Crippen LogP contribution is 2.32. The first-order chi connectivity index (χ1) is 8.59. The van der Waals surface area contributed by atoms with Crippen molar-refractivity contribution in [1.82, 2.24) is 15.2 Å². The second-order valence-corrected chi connectivity index (χ2v) is 4.08. The fourth-order valence-electron chi connectivity index (χ4n) is 2.05. The summed E-state index contributed by atoms with van der Waals surface area (Å²) in [5.74, 6) is -0.850. The summed E-state index contributed by atoms with van der Waals surface area (Å²) in [7, 11) is 0. The number of hydrogen-bond acceptors (Lipinski definition) is 4. The van der Waals surface area contributed by atoms with Crippen LogP contribution >= 0.6 is 0 Å². The zero-order chi connectivity index (χ0) is 13.1. The standard InChI is InChI=1S/C12H14N4O2/c1-7-11(12(13)16-15-7)9(6-10(17)18)8-2-4-14-5-3-8/h2-5,9H,6H2,1H3,(H,17,18)(H3,13,15,16). The number of rotatable bonds is 4. The van der Waals surface area contributed by atoms with E-state index in [1.807, 2.05) is 6.92 Å². The van der Waals surface area contributed by atoms with E-state index >= 15 is 0 Å². The van der Waals surface area contributed by atoms with Gasteiger partial charge < -0.3 is 10.8 Å². The first kappa shape index (κ1) is 12.1. The number of nitrogens with one attached hydrogen (secondary N) is 1. The van der Waals surface area contributed by atoms with Crippen LogP contribution in [0, 0.1) is 6.92 Å². The summed E-state index contributed by atoms with van der Waals surface area (Å²) in [6, 6.07) is 3.58. The van der Waals surface area contributed by atoms with Crippen molar-refractivity contribution < 1.29 is 9.90 Å². The van der Waals surface area contributed by atoms with E-state index in [9.17, 15) is 4.79 Å². The molecule has 2 rings (SSSR count). The Balaban J connectivity index is 2.47. The third-order valence-corrected chi connectivity index (χ3v) is 2.86. The maximum atomic E-state index is 11.0. The Kier molecular flexibility index (Phi) is 3.27. The Hall–Kier alpha value is -2.37. The fraction of sp³-hybridized carbons (Fsp3) is 0.250. The Bertz CT molecular complexity index is 531. The molecule has 0 aliphatic carbocycles. The van der Waals surface area contributed by atoms with Gasteiger partial charge in [-0.3, -0.25) is 14.9 Å². The van der Waals surface area contributed by atoms with Gasteiger partial charge in [-0.05, 0) is 24.6 Å². The molecular formula is C12H14N4O2. The summed E-state index contributed by atoms with van der Waals surface area (Å²) in [4.78, 5) is 14.9. The Morgan fingerprint density at radius 1 is 1.50 bits per heavy atom. The number of nitrogen functional groups attached to an aromatic ring is 1. The average molecular weight is 246 g/mol. The van der Waals surface area contributed by atoms with Crippen LogP contribution in [-0.2, 0) is 4.79 Å². The van der Waals surface area contributed by atoms with Crippen molar-refractivity contribution in [3.63, 3.8) is 0 Å². The maximum Gasteiger partial charge on any atom is 0.304 e. The minimum atomic E-state index is -0.878. The van der Waals surface area contributed by atoms with Gasteiger partial charge in [0.1, 0.15) is 5.82 Å². The fourth-order valence-corrected chi connectivity index (χ4v) is 2.05. The molecule has 6 nitrogen and oxygen atoms in total. The number of nitrogens with two attached hydrogens (primary N) is 1. The molecule has 0 bridgehead atoms. The third-order valence-electron chi connectivity index (χ3n) is 2.86. The molecule has 0 saturated heterocycles. The number of H-pyrrole nitrogens is 1. The van der Waals surface area contributed by atoms with E-state index in [-0.39, 0.29) is 12.3 Å². The summed E-state index contributed by atoms with van der Waals surface area (Å²) >= 11 is 0. The lowest BCUT2D eigenvalue weighted by Gasteiger charge is -2.15. The van der Waals surface area contributed by atoms with Gasteiger partial charge >= 0.3 is 5.97 Å². The normalized spacial score (nSPS) is 12.3. The second kappa shape index (κ2) is 4.87. The molecule has 0 aliphatic rings. The number of hydrogen-bond donors (Lipinski definition) is 3. The number of aromatic nitrogens is 3. The van der Waals surface area contributed by atoms with Gasteiger partial charge in [0.2, 0.25) is 0 Å². The molecule has 6 heteroatoms. The zero-order valence-electron chi connectivity index (χ0n) is 9.92. The zero-order valence-corrected chi connectivity index (χ0v) is 9.92. The van der Waals surface area contributed by atoms with E-state index in [0.29, 0.717) is 5.82 Å². The van der Waals surface area contributed by atoms with E-state index in [2.05, 4.69) is 15.2 Å².